The van der Waals surface area contributed by atoms with Gasteiger partial charge in [-0.25, -0.2) is 0 Å². The summed E-state index contributed by atoms with van der Waals surface area (Å²) in [7, 11) is 0. The van der Waals surface area contributed by atoms with Gasteiger partial charge in [0.2, 0.25) is 5.91 Å². The van der Waals surface area contributed by atoms with E-state index < -0.39 is 4.92 Å². The summed E-state index contributed by atoms with van der Waals surface area (Å²) in [5.74, 6) is -0.133. The Morgan fingerprint density at radius 1 is 1.50 bits per heavy atom. The molecule has 7 nitrogen and oxygen atoms in total. The number of anilines is 1. The van der Waals surface area contributed by atoms with Gasteiger partial charge in [0, 0.05) is 25.1 Å². The molecule has 106 valence electrons. The lowest BCUT2D eigenvalue weighted by Gasteiger charge is -2.10. The Bertz CT molecular complexity index is 549. The van der Waals surface area contributed by atoms with Crippen LogP contribution in [0.2, 0.25) is 0 Å². The Morgan fingerprint density at radius 3 is 2.75 bits per heavy atom. The molecule has 20 heavy (non-hydrogen) atoms. The summed E-state index contributed by atoms with van der Waals surface area (Å²) < 4.78 is 0. The Labute approximate surface area is 116 Å². The van der Waals surface area contributed by atoms with Crippen LogP contribution in [0.25, 0.3) is 0 Å². The van der Waals surface area contributed by atoms with Gasteiger partial charge in [-0.1, -0.05) is 0 Å². The minimum atomic E-state index is -0.530. The molecule has 0 aliphatic rings. The van der Waals surface area contributed by atoms with E-state index in [0.29, 0.717) is 5.56 Å². The molecule has 2 N–H and O–H groups in total. The van der Waals surface area contributed by atoms with E-state index in [1.807, 2.05) is 19.9 Å². The minimum absolute atomic E-state index is 0.0544. The van der Waals surface area contributed by atoms with Gasteiger partial charge < -0.3 is 10.6 Å². The van der Waals surface area contributed by atoms with Crippen molar-refractivity contribution in [1.82, 2.24) is 5.32 Å². The standard InChI is InChI=1S/C13H16N4O3/c1-9(2)16-13(18)5-6-15-11-7-10(8-14)3-4-12(11)17(19)20/h3-4,7,9,15H,5-6H2,1-2H3,(H,16,18). The third-order valence-corrected chi connectivity index (χ3v) is 2.44. The lowest BCUT2D eigenvalue weighted by Crippen LogP contribution is -2.31. The highest BCUT2D eigenvalue weighted by atomic mass is 16.6. The quantitative estimate of drug-likeness (QED) is 0.608. The second-order valence-corrected chi connectivity index (χ2v) is 4.50. The van der Waals surface area contributed by atoms with E-state index in [1.165, 1.54) is 18.2 Å². The van der Waals surface area contributed by atoms with E-state index >= 15 is 0 Å². The lowest BCUT2D eigenvalue weighted by molar-refractivity contribution is -0.384. The molecular weight excluding hydrogens is 260 g/mol. The fourth-order valence-corrected chi connectivity index (χ4v) is 1.61. The van der Waals surface area contributed by atoms with Crippen molar-refractivity contribution in [3.8, 4) is 6.07 Å². The van der Waals surface area contributed by atoms with Crippen LogP contribution in [-0.4, -0.2) is 23.4 Å². The highest BCUT2D eigenvalue weighted by Gasteiger charge is 2.14. The molecule has 0 saturated carbocycles. The van der Waals surface area contributed by atoms with Gasteiger partial charge in [0.05, 0.1) is 16.6 Å². The van der Waals surface area contributed by atoms with E-state index in [-0.39, 0.29) is 36.3 Å². The fourth-order valence-electron chi connectivity index (χ4n) is 1.61. The average Bonchev–Trinajstić information content (AvgIpc) is 2.37. The van der Waals surface area contributed by atoms with Crippen LogP contribution in [0.15, 0.2) is 18.2 Å². The number of amides is 1. The average molecular weight is 276 g/mol. The number of benzene rings is 1. The van der Waals surface area contributed by atoms with E-state index in [1.54, 1.807) is 0 Å². The van der Waals surface area contributed by atoms with Gasteiger partial charge in [0.1, 0.15) is 5.69 Å². The number of carbonyl (C=O) groups is 1. The van der Waals surface area contributed by atoms with Crippen LogP contribution in [0.5, 0.6) is 0 Å². The number of rotatable bonds is 6. The summed E-state index contributed by atoms with van der Waals surface area (Å²) in [6.07, 6.45) is 0.201. The number of carbonyl (C=O) groups excluding carboxylic acids is 1. The van der Waals surface area contributed by atoms with E-state index in [0.717, 1.165) is 0 Å². The zero-order chi connectivity index (χ0) is 15.1. The first-order valence-corrected chi connectivity index (χ1v) is 6.16. The maximum Gasteiger partial charge on any atom is 0.292 e. The van der Waals surface area contributed by atoms with Crippen LogP contribution in [0, 0.1) is 21.4 Å². The summed E-state index contributed by atoms with van der Waals surface area (Å²) in [6, 6.07) is 6.03. The number of hydrogen-bond acceptors (Lipinski definition) is 5. The molecule has 0 spiro atoms. The second kappa shape index (κ2) is 7.09. The maximum absolute atomic E-state index is 11.4. The van der Waals surface area contributed by atoms with Crippen LogP contribution in [0.4, 0.5) is 11.4 Å². The smallest absolute Gasteiger partial charge is 0.292 e. The van der Waals surface area contributed by atoms with Gasteiger partial charge in [0.15, 0.2) is 0 Å². The normalized spacial score (nSPS) is 9.90. The molecule has 0 fully saturated rings. The summed E-state index contributed by atoms with van der Waals surface area (Å²) in [5, 5.41) is 25.2. The van der Waals surface area contributed by atoms with Gasteiger partial charge in [-0.2, -0.15) is 5.26 Å². The number of nitro benzene ring substituents is 1. The van der Waals surface area contributed by atoms with Gasteiger partial charge in [-0.3, -0.25) is 14.9 Å². The molecule has 0 aliphatic carbocycles. The summed E-state index contributed by atoms with van der Waals surface area (Å²) >= 11 is 0. The van der Waals surface area contributed by atoms with Crippen molar-refractivity contribution >= 4 is 17.3 Å². The number of nitro groups is 1. The van der Waals surface area contributed by atoms with Crippen LogP contribution >= 0.6 is 0 Å². The van der Waals surface area contributed by atoms with Crippen molar-refractivity contribution < 1.29 is 9.72 Å². The van der Waals surface area contributed by atoms with E-state index in [9.17, 15) is 14.9 Å². The Morgan fingerprint density at radius 2 is 2.20 bits per heavy atom. The molecular formula is C13H16N4O3. The summed E-state index contributed by atoms with van der Waals surface area (Å²) in [4.78, 5) is 21.8. The summed E-state index contributed by atoms with van der Waals surface area (Å²) in [6.45, 7) is 3.97. The van der Waals surface area contributed by atoms with Gasteiger partial charge in [-0.15, -0.1) is 0 Å². The van der Waals surface area contributed by atoms with Crippen molar-refractivity contribution in [2.75, 3.05) is 11.9 Å². The molecule has 7 heteroatoms. The number of nitrogens with one attached hydrogen (secondary N) is 2. The fraction of sp³-hybridized carbons (Fsp3) is 0.385. The second-order valence-electron chi connectivity index (χ2n) is 4.50. The molecule has 0 aromatic heterocycles. The topological polar surface area (TPSA) is 108 Å². The molecule has 1 rings (SSSR count). The molecule has 0 saturated heterocycles. The highest BCUT2D eigenvalue weighted by molar-refractivity contribution is 5.77. The van der Waals surface area contributed by atoms with Crippen LogP contribution in [0.3, 0.4) is 0 Å². The first kappa shape index (κ1) is 15.4. The minimum Gasteiger partial charge on any atom is -0.379 e. The van der Waals surface area contributed by atoms with E-state index in [2.05, 4.69) is 10.6 Å². The van der Waals surface area contributed by atoms with Crippen molar-refractivity contribution in [2.45, 2.75) is 26.3 Å². The molecule has 0 bridgehead atoms. The predicted octanol–water partition coefficient (Wildman–Crippen LogP) is 1.79. The van der Waals surface area contributed by atoms with Crippen LogP contribution < -0.4 is 10.6 Å². The number of nitriles is 1. The molecule has 1 amide bonds. The largest absolute Gasteiger partial charge is 0.379 e. The Hall–Kier alpha value is -2.62. The monoisotopic (exact) mass is 276 g/mol. The lowest BCUT2D eigenvalue weighted by atomic mass is 10.2. The van der Waals surface area contributed by atoms with Gasteiger partial charge in [0.25, 0.3) is 5.69 Å². The van der Waals surface area contributed by atoms with Crippen molar-refractivity contribution in [3.63, 3.8) is 0 Å². The van der Waals surface area contributed by atoms with Crippen molar-refractivity contribution in [2.24, 2.45) is 0 Å². The SMILES string of the molecule is CC(C)NC(=O)CCNc1cc(C#N)ccc1[N+](=O)[O-]. The van der Waals surface area contributed by atoms with Crippen LogP contribution in [-0.2, 0) is 4.79 Å². The van der Waals surface area contributed by atoms with Gasteiger partial charge in [-0.05, 0) is 26.0 Å². The van der Waals surface area contributed by atoms with E-state index in [4.69, 9.17) is 5.26 Å². The predicted molar refractivity (Wildman–Crippen MR) is 74.2 cm³/mol. The molecule has 1 aromatic carbocycles. The molecule has 1 aromatic rings. The molecule has 0 atom stereocenters. The highest BCUT2D eigenvalue weighted by Crippen LogP contribution is 2.25. The Kier molecular flexibility index (Phi) is 5.47. The summed E-state index contributed by atoms with van der Waals surface area (Å²) in [5.41, 5.74) is 0.449. The number of hydrogen-bond donors (Lipinski definition) is 2. The third-order valence-electron chi connectivity index (χ3n) is 2.44. The van der Waals surface area contributed by atoms with Gasteiger partial charge >= 0.3 is 0 Å². The van der Waals surface area contributed by atoms with Crippen molar-refractivity contribution in [3.05, 3.63) is 33.9 Å². The zero-order valence-corrected chi connectivity index (χ0v) is 11.3. The maximum atomic E-state index is 11.4. The molecule has 0 aliphatic heterocycles. The third kappa shape index (κ3) is 4.57. The molecule has 0 heterocycles. The molecule has 0 unspecified atom stereocenters. The number of nitrogens with zero attached hydrogens (tertiary/aromatic N) is 2. The first-order valence-electron chi connectivity index (χ1n) is 6.16. The molecule has 0 radical (unpaired) electrons. The first-order chi connectivity index (χ1) is 9.43. The Balaban J connectivity index is 2.69. The zero-order valence-electron chi connectivity index (χ0n) is 11.3. The van der Waals surface area contributed by atoms with Crippen LogP contribution in [0.1, 0.15) is 25.8 Å². The van der Waals surface area contributed by atoms with Crippen molar-refractivity contribution in [1.29, 1.82) is 5.26 Å².